The second kappa shape index (κ2) is 5.22. The van der Waals surface area contributed by atoms with Crippen molar-refractivity contribution in [2.75, 3.05) is 13.1 Å². The second-order valence-electron chi connectivity index (χ2n) is 5.46. The van der Waals surface area contributed by atoms with Crippen LogP contribution in [0, 0.1) is 12.8 Å². The van der Waals surface area contributed by atoms with Crippen LogP contribution in [0.25, 0.3) is 0 Å². The Bertz CT molecular complexity index is 372. The predicted molar refractivity (Wildman–Crippen MR) is 74.4 cm³/mol. The Morgan fingerprint density at radius 3 is 2.65 bits per heavy atom. The Hall–Kier alpha value is -0.820. The molecule has 2 unspecified atom stereocenters. The molecule has 17 heavy (non-hydrogen) atoms. The fourth-order valence-electron chi connectivity index (χ4n) is 3.18. The number of hydrogen-bond donors (Lipinski definition) is 1. The summed E-state index contributed by atoms with van der Waals surface area (Å²) in [4.78, 5) is 0. The van der Waals surface area contributed by atoms with Gasteiger partial charge < -0.3 is 5.32 Å². The van der Waals surface area contributed by atoms with Crippen LogP contribution in [0.3, 0.4) is 0 Å². The highest BCUT2D eigenvalue weighted by Gasteiger charge is 2.53. The van der Waals surface area contributed by atoms with E-state index in [4.69, 9.17) is 0 Å². The molecule has 1 fully saturated rings. The lowest BCUT2D eigenvalue weighted by Gasteiger charge is -2.21. The smallest absolute Gasteiger partial charge is 0.0112 e. The zero-order valence-corrected chi connectivity index (χ0v) is 11.4. The predicted octanol–water partition coefficient (Wildman–Crippen LogP) is 3.66. The van der Waals surface area contributed by atoms with Crippen LogP contribution >= 0.6 is 0 Å². The number of benzene rings is 1. The number of nitrogens with one attached hydrogen (secondary N) is 1. The van der Waals surface area contributed by atoms with Gasteiger partial charge in [0.05, 0.1) is 0 Å². The largest absolute Gasteiger partial charge is 0.316 e. The number of hydrogen-bond acceptors (Lipinski definition) is 1. The maximum absolute atomic E-state index is 3.63. The lowest BCUT2D eigenvalue weighted by molar-refractivity contribution is 0.521. The third kappa shape index (κ3) is 2.40. The van der Waals surface area contributed by atoms with E-state index in [2.05, 4.69) is 50.4 Å². The standard InChI is InChI=1S/C16H25N/c1-4-10-17-12-16(11-14(16)5-2)15-9-7-6-8-13(15)3/h6-9,14,17H,4-5,10-12H2,1-3H3. The topological polar surface area (TPSA) is 12.0 Å². The lowest BCUT2D eigenvalue weighted by atomic mass is 9.89. The molecule has 1 aliphatic carbocycles. The molecule has 2 atom stereocenters. The van der Waals surface area contributed by atoms with Gasteiger partial charge in [-0.1, -0.05) is 44.5 Å². The SMILES string of the molecule is CCCNCC1(c2ccccc2C)CC1CC. The molecular weight excluding hydrogens is 206 g/mol. The molecule has 0 amide bonds. The van der Waals surface area contributed by atoms with Crippen molar-refractivity contribution in [3.05, 3.63) is 35.4 Å². The van der Waals surface area contributed by atoms with E-state index >= 15 is 0 Å². The van der Waals surface area contributed by atoms with Crippen molar-refractivity contribution >= 4 is 0 Å². The van der Waals surface area contributed by atoms with E-state index in [1.807, 2.05) is 0 Å². The molecular formula is C16H25N. The molecule has 1 N–H and O–H groups in total. The van der Waals surface area contributed by atoms with Gasteiger partial charge in [0.1, 0.15) is 0 Å². The molecule has 94 valence electrons. The first-order chi connectivity index (χ1) is 8.24. The molecule has 0 heterocycles. The van der Waals surface area contributed by atoms with Crippen LogP contribution in [0.2, 0.25) is 0 Å². The molecule has 1 saturated carbocycles. The minimum Gasteiger partial charge on any atom is -0.316 e. The van der Waals surface area contributed by atoms with Gasteiger partial charge >= 0.3 is 0 Å². The highest BCUT2D eigenvalue weighted by Crippen LogP contribution is 2.56. The first-order valence-electron chi connectivity index (χ1n) is 7.01. The highest BCUT2D eigenvalue weighted by atomic mass is 14.9. The Kier molecular flexibility index (Phi) is 3.88. The Morgan fingerprint density at radius 2 is 2.06 bits per heavy atom. The molecule has 2 rings (SSSR count). The maximum Gasteiger partial charge on any atom is 0.0112 e. The van der Waals surface area contributed by atoms with Crippen molar-refractivity contribution in [3.8, 4) is 0 Å². The summed E-state index contributed by atoms with van der Waals surface area (Å²) in [7, 11) is 0. The van der Waals surface area contributed by atoms with Gasteiger partial charge in [-0.15, -0.1) is 0 Å². The Labute approximate surface area is 106 Å². The zero-order chi connectivity index (χ0) is 12.3. The van der Waals surface area contributed by atoms with Gasteiger partial charge in [0, 0.05) is 12.0 Å². The molecule has 1 aliphatic rings. The zero-order valence-electron chi connectivity index (χ0n) is 11.4. The van der Waals surface area contributed by atoms with E-state index in [0.717, 1.165) is 19.0 Å². The van der Waals surface area contributed by atoms with Gasteiger partial charge in [-0.3, -0.25) is 0 Å². The van der Waals surface area contributed by atoms with E-state index in [1.165, 1.54) is 24.8 Å². The summed E-state index contributed by atoms with van der Waals surface area (Å²) >= 11 is 0. The van der Waals surface area contributed by atoms with Crippen LogP contribution in [0.1, 0.15) is 44.2 Å². The summed E-state index contributed by atoms with van der Waals surface area (Å²) < 4.78 is 0. The second-order valence-corrected chi connectivity index (χ2v) is 5.46. The molecule has 1 aromatic rings. The molecule has 0 spiro atoms. The molecule has 0 radical (unpaired) electrons. The molecule has 1 heteroatoms. The van der Waals surface area contributed by atoms with Crippen molar-refractivity contribution < 1.29 is 0 Å². The molecule has 0 aliphatic heterocycles. The van der Waals surface area contributed by atoms with Crippen LogP contribution in [0.5, 0.6) is 0 Å². The monoisotopic (exact) mass is 231 g/mol. The van der Waals surface area contributed by atoms with E-state index in [9.17, 15) is 0 Å². The van der Waals surface area contributed by atoms with Gasteiger partial charge in [0.2, 0.25) is 0 Å². The van der Waals surface area contributed by atoms with Crippen molar-refractivity contribution in [3.63, 3.8) is 0 Å². The highest BCUT2D eigenvalue weighted by molar-refractivity contribution is 5.40. The normalized spacial score (nSPS) is 27.1. The minimum atomic E-state index is 0.440. The average Bonchev–Trinajstić information content (AvgIpc) is 3.05. The van der Waals surface area contributed by atoms with Crippen LogP contribution < -0.4 is 5.32 Å². The summed E-state index contributed by atoms with van der Waals surface area (Å²) in [6.45, 7) is 9.11. The van der Waals surface area contributed by atoms with Gasteiger partial charge in [-0.2, -0.15) is 0 Å². The van der Waals surface area contributed by atoms with Crippen molar-refractivity contribution in [2.24, 2.45) is 5.92 Å². The summed E-state index contributed by atoms with van der Waals surface area (Å²) in [5.41, 5.74) is 3.48. The van der Waals surface area contributed by atoms with Gasteiger partial charge in [-0.05, 0) is 43.4 Å². The molecule has 1 aromatic carbocycles. The fourth-order valence-corrected chi connectivity index (χ4v) is 3.18. The fraction of sp³-hybridized carbons (Fsp3) is 0.625. The van der Waals surface area contributed by atoms with E-state index in [0.29, 0.717) is 5.41 Å². The summed E-state index contributed by atoms with van der Waals surface area (Å²) in [6, 6.07) is 8.92. The Morgan fingerprint density at radius 1 is 1.29 bits per heavy atom. The van der Waals surface area contributed by atoms with Crippen molar-refractivity contribution in [1.29, 1.82) is 0 Å². The molecule has 0 bridgehead atoms. The average molecular weight is 231 g/mol. The first-order valence-corrected chi connectivity index (χ1v) is 7.01. The van der Waals surface area contributed by atoms with Crippen molar-refractivity contribution in [2.45, 2.75) is 45.4 Å². The Balaban J connectivity index is 2.16. The minimum absolute atomic E-state index is 0.440. The van der Waals surface area contributed by atoms with Gasteiger partial charge in [0.25, 0.3) is 0 Å². The maximum atomic E-state index is 3.63. The van der Waals surface area contributed by atoms with E-state index in [1.54, 1.807) is 5.56 Å². The third-order valence-electron chi connectivity index (χ3n) is 4.27. The number of aryl methyl sites for hydroxylation is 1. The van der Waals surface area contributed by atoms with Crippen molar-refractivity contribution in [1.82, 2.24) is 5.32 Å². The molecule has 0 aromatic heterocycles. The van der Waals surface area contributed by atoms with E-state index in [-0.39, 0.29) is 0 Å². The summed E-state index contributed by atoms with van der Waals surface area (Å²) in [5, 5.41) is 3.63. The first kappa shape index (κ1) is 12.6. The van der Waals surface area contributed by atoms with Crippen LogP contribution in [0.4, 0.5) is 0 Å². The molecule has 0 saturated heterocycles. The van der Waals surface area contributed by atoms with E-state index < -0.39 is 0 Å². The lowest BCUT2D eigenvalue weighted by Crippen LogP contribution is -2.29. The number of rotatable bonds is 6. The summed E-state index contributed by atoms with van der Waals surface area (Å²) in [5.74, 6) is 0.882. The summed E-state index contributed by atoms with van der Waals surface area (Å²) in [6.07, 6.45) is 3.90. The van der Waals surface area contributed by atoms with Crippen LogP contribution in [0.15, 0.2) is 24.3 Å². The molecule has 1 nitrogen and oxygen atoms in total. The van der Waals surface area contributed by atoms with Gasteiger partial charge in [0.15, 0.2) is 0 Å². The van der Waals surface area contributed by atoms with Crippen LogP contribution in [-0.2, 0) is 5.41 Å². The third-order valence-corrected chi connectivity index (χ3v) is 4.27. The van der Waals surface area contributed by atoms with Crippen LogP contribution in [-0.4, -0.2) is 13.1 Å². The quantitative estimate of drug-likeness (QED) is 0.737. The van der Waals surface area contributed by atoms with Gasteiger partial charge in [-0.25, -0.2) is 0 Å².